The third-order valence-corrected chi connectivity index (χ3v) is 4.07. The number of fused-ring (bicyclic) bond motifs is 1. The van der Waals surface area contributed by atoms with Crippen LogP contribution in [0.2, 0.25) is 5.02 Å². The van der Waals surface area contributed by atoms with Crippen LogP contribution in [0.3, 0.4) is 0 Å². The number of carbonyl (C=O) groups is 1. The van der Waals surface area contributed by atoms with Crippen molar-refractivity contribution in [1.29, 1.82) is 0 Å². The van der Waals surface area contributed by atoms with E-state index in [1.807, 2.05) is 0 Å². The van der Waals surface area contributed by atoms with Crippen LogP contribution in [0, 0.1) is 0 Å². The summed E-state index contributed by atoms with van der Waals surface area (Å²) >= 11 is 5.89. The first kappa shape index (κ1) is 16.8. The van der Waals surface area contributed by atoms with Crippen molar-refractivity contribution in [3.05, 3.63) is 64.7 Å². The van der Waals surface area contributed by atoms with Crippen LogP contribution in [-0.2, 0) is 11.3 Å². The van der Waals surface area contributed by atoms with Gasteiger partial charge >= 0.3 is 6.18 Å². The van der Waals surface area contributed by atoms with Gasteiger partial charge in [-0.25, -0.2) is 0 Å². The molecule has 24 heavy (non-hydrogen) atoms. The van der Waals surface area contributed by atoms with Crippen LogP contribution in [0.25, 0.3) is 0 Å². The predicted octanol–water partition coefficient (Wildman–Crippen LogP) is 4.40. The average Bonchev–Trinajstić information content (AvgIpc) is 2.62. The number of halogens is 4. The molecule has 1 N–H and O–H groups in total. The number of hydrogen-bond acceptors (Lipinski definition) is 2. The van der Waals surface area contributed by atoms with Gasteiger partial charge in [-0.15, -0.1) is 0 Å². The quantitative estimate of drug-likeness (QED) is 0.867. The van der Waals surface area contributed by atoms with Crippen molar-refractivity contribution in [2.45, 2.75) is 18.8 Å². The average molecular weight is 355 g/mol. The number of amides is 1. The number of benzene rings is 2. The summed E-state index contributed by atoms with van der Waals surface area (Å²) in [6.07, 6.45) is -4.54. The molecular formula is C17H14ClF3N2O. The molecule has 0 radical (unpaired) electrons. The highest BCUT2D eigenvalue weighted by Crippen LogP contribution is 2.43. The van der Waals surface area contributed by atoms with Gasteiger partial charge in [0.05, 0.1) is 6.54 Å². The number of anilines is 1. The van der Waals surface area contributed by atoms with E-state index in [1.165, 1.54) is 18.2 Å². The monoisotopic (exact) mass is 354 g/mol. The molecule has 1 aliphatic rings. The van der Waals surface area contributed by atoms with Crippen LogP contribution in [0.4, 0.5) is 18.9 Å². The van der Waals surface area contributed by atoms with Crippen molar-refractivity contribution in [2.24, 2.45) is 0 Å². The lowest BCUT2D eigenvalue weighted by molar-refractivity contribution is -0.187. The Kier molecular flexibility index (Phi) is 4.51. The van der Waals surface area contributed by atoms with E-state index < -0.39 is 18.1 Å². The highest BCUT2D eigenvalue weighted by Gasteiger charge is 2.47. The highest BCUT2D eigenvalue weighted by atomic mass is 35.5. The summed E-state index contributed by atoms with van der Waals surface area (Å²) in [5, 5.41) is 2.72. The van der Waals surface area contributed by atoms with Crippen LogP contribution in [0.1, 0.15) is 17.2 Å². The fraction of sp³-hybridized carbons (Fsp3) is 0.235. The van der Waals surface area contributed by atoms with Crippen molar-refractivity contribution in [3.8, 4) is 0 Å². The maximum absolute atomic E-state index is 13.8. The molecule has 0 fully saturated rings. The van der Waals surface area contributed by atoms with Gasteiger partial charge in [0, 0.05) is 22.8 Å². The minimum Gasteiger partial charge on any atom is -0.325 e. The largest absolute Gasteiger partial charge is 0.408 e. The van der Waals surface area contributed by atoms with Crippen molar-refractivity contribution in [1.82, 2.24) is 4.90 Å². The molecule has 0 aliphatic carbocycles. The maximum atomic E-state index is 13.8. The van der Waals surface area contributed by atoms with Gasteiger partial charge in [-0.3, -0.25) is 9.69 Å². The standard InChI is InChI=1S/C17H14ClF3N2O/c18-12-6-7-14-13(8-12)16(17(19,20)21)23(10-15(24)22-14)9-11-4-2-1-3-5-11/h1-8,16H,9-10H2,(H,22,24). The second kappa shape index (κ2) is 6.45. The van der Waals surface area contributed by atoms with Gasteiger partial charge in [0.15, 0.2) is 0 Å². The summed E-state index contributed by atoms with van der Waals surface area (Å²) in [5.41, 5.74) is 0.795. The number of nitrogens with one attached hydrogen (secondary N) is 1. The van der Waals surface area contributed by atoms with Crippen molar-refractivity contribution in [2.75, 3.05) is 11.9 Å². The number of rotatable bonds is 2. The summed E-state index contributed by atoms with van der Waals surface area (Å²) in [5.74, 6) is -0.485. The summed E-state index contributed by atoms with van der Waals surface area (Å²) in [7, 11) is 0. The van der Waals surface area contributed by atoms with E-state index in [0.29, 0.717) is 5.56 Å². The molecule has 3 rings (SSSR count). The number of carbonyl (C=O) groups excluding carboxylic acids is 1. The van der Waals surface area contributed by atoms with E-state index in [1.54, 1.807) is 30.3 Å². The Hall–Kier alpha value is -2.05. The Morgan fingerprint density at radius 1 is 1.17 bits per heavy atom. The van der Waals surface area contributed by atoms with Crippen LogP contribution >= 0.6 is 11.6 Å². The zero-order valence-electron chi connectivity index (χ0n) is 12.5. The first-order valence-electron chi connectivity index (χ1n) is 7.28. The molecule has 126 valence electrons. The topological polar surface area (TPSA) is 32.3 Å². The van der Waals surface area contributed by atoms with Gasteiger partial charge < -0.3 is 5.32 Å². The zero-order chi connectivity index (χ0) is 17.3. The third kappa shape index (κ3) is 3.55. The molecule has 0 saturated heterocycles. The molecule has 0 bridgehead atoms. The van der Waals surface area contributed by atoms with Crippen LogP contribution < -0.4 is 5.32 Å². The first-order valence-corrected chi connectivity index (χ1v) is 7.66. The van der Waals surface area contributed by atoms with Crippen molar-refractivity contribution in [3.63, 3.8) is 0 Å². The molecule has 3 nitrogen and oxygen atoms in total. The molecule has 1 heterocycles. The zero-order valence-corrected chi connectivity index (χ0v) is 13.2. The Morgan fingerprint density at radius 2 is 1.88 bits per heavy atom. The Balaban J connectivity index is 2.07. The number of alkyl halides is 3. The molecule has 7 heteroatoms. The van der Waals surface area contributed by atoms with E-state index in [-0.39, 0.29) is 29.4 Å². The van der Waals surface area contributed by atoms with E-state index in [9.17, 15) is 18.0 Å². The summed E-state index contributed by atoms with van der Waals surface area (Å²) < 4.78 is 41.4. The molecule has 2 aromatic rings. The molecular weight excluding hydrogens is 341 g/mol. The molecule has 1 atom stereocenters. The smallest absolute Gasteiger partial charge is 0.325 e. The fourth-order valence-electron chi connectivity index (χ4n) is 2.88. The second-order valence-corrected chi connectivity index (χ2v) is 6.05. The molecule has 0 saturated carbocycles. The summed E-state index contributed by atoms with van der Waals surface area (Å²) in [6, 6.07) is 11.0. The van der Waals surface area contributed by atoms with Crippen molar-refractivity contribution < 1.29 is 18.0 Å². The van der Waals surface area contributed by atoms with Gasteiger partial charge in [0.25, 0.3) is 0 Å². The van der Waals surface area contributed by atoms with Crippen LogP contribution in [0.5, 0.6) is 0 Å². The van der Waals surface area contributed by atoms with Crippen LogP contribution in [0.15, 0.2) is 48.5 Å². The molecule has 0 aromatic heterocycles. The van der Waals surface area contributed by atoms with Gasteiger partial charge in [-0.1, -0.05) is 41.9 Å². The molecule has 1 unspecified atom stereocenters. The van der Waals surface area contributed by atoms with E-state index in [0.717, 1.165) is 4.90 Å². The van der Waals surface area contributed by atoms with Gasteiger partial charge in [0.2, 0.25) is 5.91 Å². The fourth-order valence-corrected chi connectivity index (χ4v) is 3.06. The van der Waals surface area contributed by atoms with E-state index >= 15 is 0 Å². The lowest BCUT2D eigenvalue weighted by Crippen LogP contribution is -2.40. The Bertz CT molecular complexity index is 749. The van der Waals surface area contributed by atoms with Crippen LogP contribution in [-0.4, -0.2) is 23.5 Å². The minimum absolute atomic E-state index is 0.00436. The third-order valence-electron chi connectivity index (χ3n) is 3.83. The SMILES string of the molecule is O=C1CN(Cc2ccccc2)C(C(F)(F)F)c2cc(Cl)ccc2N1. The normalized spacial score (nSPS) is 18.7. The lowest BCUT2D eigenvalue weighted by Gasteiger charge is -2.31. The van der Waals surface area contributed by atoms with Crippen molar-refractivity contribution >= 4 is 23.2 Å². The lowest BCUT2D eigenvalue weighted by atomic mass is 10.0. The molecule has 1 amide bonds. The first-order chi connectivity index (χ1) is 11.3. The predicted molar refractivity (Wildman–Crippen MR) is 85.7 cm³/mol. The number of hydrogen-bond donors (Lipinski definition) is 1. The molecule has 2 aromatic carbocycles. The Morgan fingerprint density at radius 3 is 2.54 bits per heavy atom. The summed E-state index contributed by atoms with van der Waals surface area (Å²) in [6.45, 7) is -0.351. The molecule has 1 aliphatic heterocycles. The van der Waals surface area contributed by atoms with E-state index in [4.69, 9.17) is 11.6 Å². The minimum atomic E-state index is -4.54. The highest BCUT2D eigenvalue weighted by molar-refractivity contribution is 6.30. The maximum Gasteiger partial charge on any atom is 0.408 e. The van der Waals surface area contributed by atoms with Gasteiger partial charge in [0.1, 0.15) is 6.04 Å². The van der Waals surface area contributed by atoms with E-state index in [2.05, 4.69) is 5.32 Å². The second-order valence-electron chi connectivity index (χ2n) is 5.61. The molecule has 0 spiro atoms. The van der Waals surface area contributed by atoms with Gasteiger partial charge in [-0.05, 0) is 23.8 Å². The number of nitrogens with zero attached hydrogens (tertiary/aromatic N) is 1. The van der Waals surface area contributed by atoms with Gasteiger partial charge in [-0.2, -0.15) is 13.2 Å². The summed E-state index contributed by atoms with van der Waals surface area (Å²) in [4.78, 5) is 13.2. The Labute approximate surface area is 142 Å².